The van der Waals surface area contributed by atoms with Crippen LogP contribution in [0.15, 0.2) is 12.3 Å². The smallest absolute Gasteiger partial charge is 0.222 e. The minimum absolute atomic E-state index is 0.0210. The fourth-order valence-electron chi connectivity index (χ4n) is 0.809. The number of hydrogen-bond acceptors (Lipinski definition) is 3. The Morgan fingerprint density at radius 3 is 2.92 bits per heavy atom. The molecule has 12 heavy (non-hydrogen) atoms. The van der Waals surface area contributed by atoms with E-state index in [1.165, 1.54) is 13.1 Å². The van der Waals surface area contributed by atoms with E-state index in [2.05, 4.69) is 10.3 Å². The zero-order valence-corrected chi connectivity index (χ0v) is 6.96. The van der Waals surface area contributed by atoms with E-state index >= 15 is 0 Å². The lowest BCUT2D eigenvalue weighted by Crippen LogP contribution is -2.07. The summed E-state index contributed by atoms with van der Waals surface area (Å²) >= 11 is 0. The summed E-state index contributed by atoms with van der Waals surface area (Å²) in [4.78, 5) is 14.4. The second-order valence-corrected chi connectivity index (χ2v) is 2.51. The Morgan fingerprint density at radius 2 is 2.33 bits per heavy atom. The summed E-state index contributed by atoms with van der Waals surface area (Å²) in [6.07, 6.45) is 1.53. The number of amides is 1. The SMILES string of the molecule is CC(=O)Nc1nccc(C)c1O. The van der Waals surface area contributed by atoms with Crippen molar-refractivity contribution in [3.63, 3.8) is 0 Å². The first-order valence-electron chi connectivity index (χ1n) is 3.53. The van der Waals surface area contributed by atoms with Gasteiger partial charge in [0, 0.05) is 13.1 Å². The van der Waals surface area contributed by atoms with Crippen LogP contribution in [-0.4, -0.2) is 16.0 Å². The maximum atomic E-state index is 10.6. The van der Waals surface area contributed by atoms with Gasteiger partial charge in [-0.3, -0.25) is 4.79 Å². The maximum Gasteiger partial charge on any atom is 0.222 e. The number of anilines is 1. The number of pyridine rings is 1. The van der Waals surface area contributed by atoms with Gasteiger partial charge in [0.25, 0.3) is 0 Å². The molecule has 0 aliphatic carbocycles. The number of aromatic nitrogens is 1. The number of nitrogens with one attached hydrogen (secondary N) is 1. The normalized spacial score (nSPS) is 9.50. The summed E-state index contributed by atoms with van der Waals surface area (Å²) < 4.78 is 0. The highest BCUT2D eigenvalue weighted by molar-refractivity contribution is 5.89. The van der Waals surface area contributed by atoms with Gasteiger partial charge in [-0.05, 0) is 18.6 Å². The van der Waals surface area contributed by atoms with Gasteiger partial charge in [-0.25, -0.2) is 4.98 Å². The molecule has 0 fully saturated rings. The molecule has 0 saturated carbocycles. The van der Waals surface area contributed by atoms with Crippen molar-refractivity contribution < 1.29 is 9.90 Å². The van der Waals surface area contributed by atoms with E-state index in [0.29, 0.717) is 5.56 Å². The average Bonchev–Trinajstić information content (AvgIpc) is 1.98. The minimum atomic E-state index is -0.247. The van der Waals surface area contributed by atoms with Gasteiger partial charge in [-0.15, -0.1) is 0 Å². The van der Waals surface area contributed by atoms with Gasteiger partial charge in [0.1, 0.15) is 0 Å². The number of hydrogen-bond donors (Lipinski definition) is 2. The number of rotatable bonds is 1. The van der Waals surface area contributed by atoms with E-state index in [1.807, 2.05) is 0 Å². The first-order chi connectivity index (χ1) is 5.61. The van der Waals surface area contributed by atoms with Crippen LogP contribution in [-0.2, 0) is 4.79 Å². The Labute approximate surface area is 70.3 Å². The molecule has 1 amide bonds. The molecule has 4 heteroatoms. The minimum Gasteiger partial charge on any atom is -0.504 e. The number of nitrogens with zero attached hydrogens (tertiary/aromatic N) is 1. The van der Waals surface area contributed by atoms with Crippen molar-refractivity contribution >= 4 is 11.7 Å². The summed E-state index contributed by atoms with van der Waals surface area (Å²) in [6.45, 7) is 3.10. The molecule has 0 aliphatic rings. The van der Waals surface area contributed by atoms with Crippen LogP contribution in [0.3, 0.4) is 0 Å². The summed E-state index contributed by atoms with van der Waals surface area (Å²) in [6, 6.07) is 1.67. The third-order valence-electron chi connectivity index (χ3n) is 1.42. The average molecular weight is 166 g/mol. The van der Waals surface area contributed by atoms with Crippen LogP contribution in [0.4, 0.5) is 5.82 Å². The van der Waals surface area contributed by atoms with E-state index in [4.69, 9.17) is 0 Å². The molecular formula is C8H10N2O2. The molecular weight excluding hydrogens is 156 g/mol. The van der Waals surface area contributed by atoms with Crippen molar-refractivity contribution in [1.29, 1.82) is 0 Å². The molecule has 0 atom stereocenters. The molecule has 1 heterocycles. The molecule has 0 unspecified atom stereocenters. The molecule has 2 N–H and O–H groups in total. The van der Waals surface area contributed by atoms with Gasteiger partial charge in [0.2, 0.25) is 5.91 Å². The Bertz CT molecular complexity index is 310. The topological polar surface area (TPSA) is 62.2 Å². The Hall–Kier alpha value is -1.58. The maximum absolute atomic E-state index is 10.6. The fourth-order valence-corrected chi connectivity index (χ4v) is 0.809. The van der Waals surface area contributed by atoms with Crippen LogP contribution >= 0.6 is 0 Å². The van der Waals surface area contributed by atoms with Crippen molar-refractivity contribution in [2.45, 2.75) is 13.8 Å². The third-order valence-corrected chi connectivity index (χ3v) is 1.42. The Morgan fingerprint density at radius 1 is 1.67 bits per heavy atom. The fraction of sp³-hybridized carbons (Fsp3) is 0.250. The zero-order valence-electron chi connectivity index (χ0n) is 6.96. The molecule has 0 aromatic carbocycles. The molecule has 4 nitrogen and oxygen atoms in total. The highest BCUT2D eigenvalue weighted by Gasteiger charge is 2.05. The predicted molar refractivity (Wildman–Crippen MR) is 44.9 cm³/mol. The van der Waals surface area contributed by atoms with E-state index in [1.54, 1.807) is 13.0 Å². The van der Waals surface area contributed by atoms with Crippen molar-refractivity contribution in [3.05, 3.63) is 17.8 Å². The van der Waals surface area contributed by atoms with Crippen LogP contribution in [0, 0.1) is 6.92 Å². The van der Waals surface area contributed by atoms with Gasteiger partial charge in [-0.1, -0.05) is 0 Å². The van der Waals surface area contributed by atoms with Gasteiger partial charge in [-0.2, -0.15) is 0 Å². The molecule has 0 spiro atoms. The van der Waals surface area contributed by atoms with Gasteiger partial charge >= 0.3 is 0 Å². The van der Waals surface area contributed by atoms with E-state index < -0.39 is 0 Å². The second kappa shape index (κ2) is 3.21. The molecule has 0 radical (unpaired) electrons. The third kappa shape index (κ3) is 1.72. The van der Waals surface area contributed by atoms with E-state index in [9.17, 15) is 9.90 Å². The second-order valence-electron chi connectivity index (χ2n) is 2.51. The first-order valence-corrected chi connectivity index (χ1v) is 3.53. The zero-order chi connectivity index (χ0) is 9.14. The molecule has 1 aromatic rings. The molecule has 0 bridgehead atoms. The van der Waals surface area contributed by atoms with Gasteiger partial charge in [0.15, 0.2) is 11.6 Å². The number of carbonyl (C=O) groups is 1. The van der Waals surface area contributed by atoms with E-state index in [-0.39, 0.29) is 17.5 Å². The highest BCUT2D eigenvalue weighted by Crippen LogP contribution is 2.23. The number of aryl methyl sites for hydroxylation is 1. The van der Waals surface area contributed by atoms with Crippen LogP contribution < -0.4 is 5.32 Å². The number of carbonyl (C=O) groups excluding carboxylic acids is 1. The molecule has 1 rings (SSSR count). The molecule has 0 saturated heterocycles. The lowest BCUT2D eigenvalue weighted by Gasteiger charge is -2.04. The molecule has 64 valence electrons. The monoisotopic (exact) mass is 166 g/mol. The number of aromatic hydroxyl groups is 1. The summed E-state index contributed by atoms with van der Waals surface area (Å²) in [5.41, 5.74) is 0.689. The molecule has 1 aromatic heterocycles. The van der Waals surface area contributed by atoms with Gasteiger partial charge < -0.3 is 10.4 Å². The van der Waals surface area contributed by atoms with Crippen molar-refractivity contribution in [2.75, 3.05) is 5.32 Å². The quantitative estimate of drug-likeness (QED) is 0.655. The standard InChI is InChI=1S/C8H10N2O2/c1-5-3-4-9-8(7(5)12)10-6(2)11/h3-4,12H,1-2H3,(H,9,10,11). The van der Waals surface area contributed by atoms with Crippen LogP contribution in [0.2, 0.25) is 0 Å². The first kappa shape index (κ1) is 8.52. The lowest BCUT2D eigenvalue weighted by molar-refractivity contribution is -0.114. The van der Waals surface area contributed by atoms with Crippen LogP contribution in [0.1, 0.15) is 12.5 Å². The summed E-state index contributed by atoms with van der Waals surface area (Å²) in [5, 5.41) is 11.8. The lowest BCUT2D eigenvalue weighted by atomic mass is 10.2. The van der Waals surface area contributed by atoms with E-state index in [0.717, 1.165) is 0 Å². The van der Waals surface area contributed by atoms with Gasteiger partial charge in [0.05, 0.1) is 0 Å². The Kier molecular flexibility index (Phi) is 2.28. The molecule has 0 aliphatic heterocycles. The van der Waals surface area contributed by atoms with Crippen LogP contribution in [0.25, 0.3) is 0 Å². The summed E-state index contributed by atoms with van der Waals surface area (Å²) in [7, 11) is 0. The van der Waals surface area contributed by atoms with Crippen molar-refractivity contribution in [1.82, 2.24) is 4.98 Å². The van der Waals surface area contributed by atoms with Crippen LogP contribution in [0.5, 0.6) is 5.75 Å². The predicted octanol–water partition coefficient (Wildman–Crippen LogP) is 1.05. The summed E-state index contributed by atoms with van der Waals surface area (Å²) in [5.74, 6) is -0.0152. The van der Waals surface area contributed by atoms with Crippen molar-refractivity contribution in [3.8, 4) is 5.75 Å². The van der Waals surface area contributed by atoms with Crippen molar-refractivity contribution in [2.24, 2.45) is 0 Å². The highest BCUT2D eigenvalue weighted by atomic mass is 16.3. The Balaban J connectivity index is 3.00. The largest absolute Gasteiger partial charge is 0.504 e.